The molecule has 1 amide bonds. The van der Waals surface area contributed by atoms with Gasteiger partial charge in [0, 0.05) is 23.4 Å². The zero-order valence-electron chi connectivity index (χ0n) is 15.7. The van der Waals surface area contributed by atoms with Gasteiger partial charge in [0.2, 0.25) is 5.91 Å². The quantitative estimate of drug-likeness (QED) is 0.868. The SMILES string of the molecule is COc1cccc(-c2nc3c(s2)CN(C(=O)CC2(O)CCCCC2)CC3)c1. The van der Waals surface area contributed by atoms with E-state index in [2.05, 4.69) is 0 Å². The molecule has 0 atom stereocenters. The summed E-state index contributed by atoms with van der Waals surface area (Å²) in [6.45, 7) is 1.29. The van der Waals surface area contributed by atoms with E-state index in [1.165, 1.54) is 0 Å². The number of aromatic nitrogens is 1. The van der Waals surface area contributed by atoms with Crippen molar-refractivity contribution in [2.45, 2.75) is 57.1 Å². The van der Waals surface area contributed by atoms with Gasteiger partial charge in [0.25, 0.3) is 0 Å². The van der Waals surface area contributed by atoms with Gasteiger partial charge < -0.3 is 14.7 Å². The Morgan fingerprint density at radius 1 is 1.33 bits per heavy atom. The fourth-order valence-electron chi connectivity index (χ4n) is 4.07. The Kier molecular flexibility index (Phi) is 5.19. The van der Waals surface area contributed by atoms with E-state index in [1.807, 2.05) is 29.2 Å². The molecule has 1 aliphatic heterocycles. The molecule has 5 nitrogen and oxygen atoms in total. The third kappa shape index (κ3) is 4.01. The zero-order chi connectivity index (χ0) is 18.9. The van der Waals surface area contributed by atoms with Crippen LogP contribution in [0.25, 0.3) is 10.6 Å². The van der Waals surface area contributed by atoms with Crippen molar-refractivity contribution < 1.29 is 14.6 Å². The van der Waals surface area contributed by atoms with Gasteiger partial charge in [-0.3, -0.25) is 4.79 Å². The minimum absolute atomic E-state index is 0.0707. The van der Waals surface area contributed by atoms with Gasteiger partial charge in [0.15, 0.2) is 0 Å². The number of ether oxygens (including phenoxy) is 1. The van der Waals surface area contributed by atoms with E-state index in [4.69, 9.17) is 9.72 Å². The molecule has 1 aliphatic carbocycles. The number of amides is 1. The Bertz CT molecular complexity index is 827. The number of carbonyl (C=O) groups is 1. The number of fused-ring (bicyclic) bond motifs is 1. The molecule has 0 saturated heterocycles. The number of aliphatic hydroxyl groups is 1. The summed E-state index contributed by atoms with van der Waals surface area (Å²) in [6, 6.07) is 7.92. The van der Waals surface area contributed by atoms with E-state index in [0.717, 1.165) is 65.4 Å². The predicted molar refractivity (Wildman–Crippen MR) is 106 cm³/mol. The maximum atomic E-state index is 12.8. The first-order valence-corrected chi connectivity index (χ1v) is 10.5. The number of nitrogens with zero attached hydrogens (tertiary/aromatic N) is 2. The molecule has 2 aliphatic rings. The Morgan fingerprint density at radius 2 is 2.15 bits per heavy atom. The third-order valence-corrected chi connectivity index (χ3v) is 6.80. The molecule has 1 aromatic carbocycles. The van der Waals surface area contributed by atoms with E-state index >= 15 is 0 Å². The van der Waals surface area contributed by atoms with Gasteiger partial charge in [0.05, 0.1) is 31.4 Å². The second-order valence-electron chi connectivity index (χ2n) is 7.65. The average Bonchev–Trinajstić information content (AvgIpc) is 3.11. The molecule has 1 fully saturated rings. The molecule has 2 heterocycles. The fourth-order valence-corrected chi connectivity index (χ4v) is 5.19. The standard InChI is InChI=1S/C21H26N2O3S/c1-26-16-7-5-6-15(12-16)20-22-17-8-11-23(14-18(17)27-20)19(24)13-21(25)9-3-2-4-10-21/h5-7,12,25H,2-4,8-11,13-14H2,1H3. The van der Waals surface area contributed by atoms with Crippen LogP contribution in [0, 0.1) is 0 Å². The lowest BCUT2D eigenvalue weighted by atomic mass is 9.82. The van der Waals surface area contributed by atoms with Crippen LogP contribution in [-0.2, 0) is 17.8 Å². The van der Waals surface area contributed by atoms with Crippen LogP contribution in [0.2, 0.25) is 0 Å². The molecular formula is C21H26N2O3S. The van der Waals surface area contributed by atoms with Gasteiger partial charge in [-0.1, -0.05) is 31.4 Å². The second kappa shape index (κ2) is 7.60. The number of hydrogen-bond donors (Lipinski definition) is 1. The van der Waals surface area contributed by atoms with Crippen LogP contribution in [0.3, 0.4) is 0 Å². The molecule has 144 valence electrons. The summed E-state index contributed by atoms with van der Waals surface area (Å²) in [5.41, 5.74) is 1.34. The Hall–Kier alpha value is -1.92. The van der Waals surface area contributed by atoms with Gasteiger partial charge >= 0.3 is 0 Å². The normalized spacial score (nSPS) is 18.8. The lowest BCUT2D eigenvalue weighted by molar-refractivity contribution is -0.138. The highest BCUT2D eigenvalue weighted by Crippen LogP contribution is 2.35. The molecule has 6 heteroatoms. The third-order valence-electron chi connectivity index (χ3n) is 5.67. The summed E-state index contributed by atoms with van der Waals surface area (Å²) in [5.74, 6) is 0.889. The number of benzene rings is 1. The zero-order valence-corrected chi connectivity index (χ0v) is 16.6. The minimum atomic E-state index is -0.797. The maximum Gasteiger partial charge on any atom is 0.225 e. The van der Waals surface area contributed by atoms with Gasteiger partial charge in [0.1, 0.15) is 10.8 Å². The fraction of sp³-hybridized carbons (Fsp3) is 0.524. The first-order valence-electron chi connectivity index (χ1n) is 9.69. The summed E-state index contributed by atoms with van der Waals surface area (Å²) in [6.07, 6.45) is 5.73. The number of rotatable bonds is 4. The summed E-state index contributed by atoms with van der Waals surface area (Å²) >= 11 is 1.65. The van der Waals surface area contributed by atoms with Crippen LogP contribution in [0.4, 0.5) is 0 Å². The van der Waals surface area contributed by atoms with E-state index < -0.39 is 5.60 Å². The monoisotopic (exact) mass is 386 g/mol. The van der Waals surface area contributed by atoms with Crippen LogP contribution >= 0.6 is 11.3 Å². The van der Waals surface area contributed by atoms with Crippen LogP contribution in [0.15, 0.2) is 24.3 Å². The van der Waals surface area contributed by atoms with Crippen molar-refractivity contribution in [2.75, 3.05) is 13.7 Å². The Balaban J connectivity index is 1.46. The number of methoxy groups -OCH3 is 1. The number of hydrogen-bond acceptors (Lipinski definition) is 5. The molecule has 4 rings (SSSR count). The van der Waals surface area contributed by atoms with Crippen LogP contribution in [-0.4, -0.2) is 40.2 Å². The molecule has 2 aromatic rings. The van der Waals surface area contributed by atoms with Crippen molar-refractivity contribution in [1.29, 1.82) is 0 Å². The van der Waals surface area contributed by atoms with Crippen LogP contribution in [0.1, 0.15) is 49.1 Å². The highest BCUT2D eigenvalue weighted by molar-refractivity contribution is 7.15. The van der Waals surface area contributed by atoms with Crippen molar-refractivity contribution in [3.05, 3.63) is 34.8 Å². The Morgan fingerprint density at radius 3 is 2.93 bits per heavy atom. The van der Waals surface area contributed by atoms with Crippen molar-refractivity contribution in [3.63, 3.8) is 0 Å². The van der Waals surface area contributed by atoms with Crippen LogP contribution in [0.5, 0.6) is 5.75 Å². The first-order chi connectivity index (χ1) is 13.1. The molecular weight excluding hydrogens is 360 g/mol. The second-order valence-corrected chi connectivity index (χ2v) is 8.73. The summed E-state index contributed by atoms with van der Waals surface area (Å²) in [7, 11) is 1.66. The highest BCUT2D eigenvalue weighted by atomic mass is 32.1. The van der Waals surface area contributed by atoms with Crippen molar-refractivity contribution in [3.8, 4) is 16.3 Å². The summed E-state index contributed by atoms with van der Waals surface area (Å²) in [5, 5.41) is 11.7. The summed E-state index contributed by atoms with van der Waals surface area (Å²) < 4.78 is 5.31. The van der Waals surface area contributed by atoms with Crippen molar-refractivity contribution in [2.24, 2.45) is 0 Å². The summed E-state index contributed by atoms with van der Waals surface area (Å²) in [4.78, 5) is 20.6. The molecule has 0 radical (unpaired) electrons. The maximum absolute atomic E-state index is 12.8. The van der Waals surface area contributed by atoms with Crippen molar-refractivity contribution in [1.82, 2.24) is 9.88 Å². The molecule has 0 unspecified atom stereocenters. The van der Waals surface area contributed by atoms with Gasteiger partial charge in [-0.25, -0.2) is 4.98 Å². The lowest BCUT2D eigenvalue weighted by Crippen LogP contribution is -2.42. The smallest absolute Gasteiger partial charge is 0.225 e. The van der Waals surface area contributed by atoms with E-state index in [-0.39, 0.29) is 12.3 Å². The average molecular weight is 387 g/mol. The van der Waals surface area contributed by atoms with Gasteiger partial charge in [-0.2, -0.15) is 0 Å². The molecule has 0 bridgehead atoms. The predicted octanol–water partition coefficient (Wildman–Crippen LogP) is 3.79. The number of thiazole rings is 1. The first kappa shape index (κ1) is 18.4. The molecule has 1 saturated carbocycles. The molecule has 1 aromatic heterocycles. The molecule has 1 N–H and O–H groups in total. The largest absolute Gasteiger partial charge is 0.497 e. The topological polar surface area (TPSA) is 62.7 Å². The van der Waals surface area contributed by atoms with E-state index in [9.17, 15) is 9.90 Å². The minimum Gasteiger partial charge on any atom is -0.497 e. The van der Waals surface area contributed by atoms with Gasteiger partial charge in [-0.05, 0) is 25.0 Å². The van der Waals surface area contributed by atoms with E-state index in [0.29, 0.717) is 13.1 Å². The lowest BCUT2D eigenvalue weighted by Gasteiger charge is -2.34. The van der Waals surface area contributed by atoms with Gasteiger partial charge in [-0.15, -0.1) is 11.3 Å². The van der Waals surface area contributed by atoms with E-state index in [1.54, 1.807) is 18.4 Å². The van der Waals surface area contributed by atoms with Crippen LogP contribution < -0.4 is 4.74 Å². The van der Waals surface area contributed by atoms with Crippen molar-refractivity contribution >= 4 is 17.2 Å². The molecule has 27 heavy (non-hydrogen) atoms. The number of carbonyl (C=O) groups excluding carboxylic acids is 1. The highest BCUT2D eigenvalue weighted by Gasteiger charge is 2.34. The Labute approximate surface area is 164 Å². The molecule has 0 spiro atoms.